The fourth-order valence-corrected chi connectivity index (χ4v) is 9.04. The number of ether oxygens (including phenoxy) is 2. The van der Waals surface area contributed by atoms with Gasteiger partial charge in [0.05, 0.1) is 13.2 Å². The molecule has 0 spiro atoms. The van der Waals surface area contributed by atoms with Gasteiger partial charge in [0.1, 0.15) is 42.7 Å². The second kappa shape index (κ2) is 45.6. The van der Waals surface area contributed by atoms with Crippen molar-refractivity contribution in [2.45, 2.75) is 256 Å². The summed E-state index contributed by atoms with van der Waals surface area (Å²) in [5.74, 6) is -0.484. The third-order valence-electron chi connectivity index (χ3n) is 12.3. The van der Waals surface area contributed by atoms with Crippen LogP contribution >= 0.6 is 7.82 Å². The lowest BCUT2D eigenvalue weighted by atomic mass is 9.85. The highest BCUT2D eigenvalue weighted by molar-refractivity contribution is 7.47. The molecule has 0 bridgehead atoms. The number of rotatable bonds is 46. The van der Waals surface area contributed by atoms with Gasteiger partial charge in [-0.1, -0.05) is 215 Å². The van der Waals surface area contributed by atoms with Crippen LogP contribution in [0.15, 0.2) is 72.9 Å². The molecule has 0 heterocycles. The zero-order chi connectivity index (χ0) is 50.5. The average Bonchev–Trinajstić information content (AvgIpc) is 3.34. The summed E-state index contributed by atoms with van der Waals surface area (Å²) >= 11 is 0. The molecule has 0 amide bonds. The summed E-state index contributed by atoms with van der Waals surface area (Å²) in [6, 6.07) is 0. The van der Waals surface area contributed by atoms with Crippen LogP contribution < -0.4 is 0 Å². The van der Waals surface area contributed by atoms with Crippen molar-refractivity contribution in [2.24, 2.45) is 0 Å². The van der Waals surface area contributed by atoms with Crippen molar-refractivity contribution in [3.8, 4) is 0 Å². The predicted molar refractivity (Wildman–Crippen MR) is 281 cm³/mol. The van der Waals surface area contributed by atoms with Crippen LogP contribution in [0.5, 0.6) is 0 Å². The quantitative estimate of drug-likeness (QED) is 0.0147. The molecular weight excluding hydrogens is 896 g/mol. The molecule has 0 aromatic heterocycles. The standard InChI is InChI=1S/C56H99O12P/c1-3-5-7-9-11-13-15-17-19-21-23-24-25-26-27-28-30-32-34-36-38-40-42-44-46-65-47-49(48-66-69(63,64)68-56-54(61)52(59)51(58)53(60)55(56)62)67-50(57)45-43-41-39-37-35-33-31-29-22-20-18-16-14-12-10-8-6-4-2/h5,7,11,13,17,19,23-24,26-27,30,32,49,51-56,58-62H,3-4,6,8-10,12,14-16,18,20-22,25,28-29,31,33-48H2,1-2H3,(H,63,64)/b7-5-,13-11-,19-17-,24-23-,27-26-,32-30-. The monoisotopic (exact) mass is 995 g/mol. The molecule has 0 aromatic carbocycles. The summed E-state index contributed by atoms with van der Waals surface area (Å²) < 4.78 is 34.3. The Morgan fingerprint density at radius 3 is 1.30 bits per heavy atom. The Morgan fingerprint density at radius 2 is 0.855 bits per heavy atom. The fraction of sp³-hybridized carbons (Fsp3) is 0.768. The maximum Gasteiger partial charge on any atom is 0.472 e. The van der Waals surface area contributed by atoms with Crippen molar-refractivity contribution in [3.05, 3.63) is 72.9 Å². The van der Waals surface area contributed by atoms with Crippen molar-refractivity contribution in [3.63, 3.8) is 0 Å². The SMILES string of the molecule is CC/C=C\C/C=C\C/C=C\C/C=C\C/C=C\C/C=C\CCCCCCCOCC(COP(=O)(O)OC1C(O)C(O)C(O)C(O)C1O)OC(=O)CCCCCCCCCCCCCCCCCCCC. The van der Waals surface area contributed by atoms with Gasteiger partial charge in [0.15, 0.2) is 0 Å². The van der Waals surface area contributed by atoms with Crippen molar-refractivity contribution < 1.29 is 58.3 Å². The van der Waals surface area contributed by atoms with Gasteiger partial charge in [-0.2, -0.15) is 0 Å². The fourth-order valence-electron chi connectivity index (χ4n) is 8.07. The first-order valence-electron chi connectivity index (χ1n) is 27.3. The second-order valence-electron chi connectivity index (χ2n) is 18.7. The van der Waals surface area contributed by atoms with Gasteiger partial charge in [-0.15, -0.1) is 0 Å². The van der Waals surface area contributed by atoms with Crippen molar-refractivity contribution >= 4 is 13.8 Å². The first-order valence-corrected chi connectivity index (χ1v) is 28.8. The van der Waals surface area contributed by atoms with E-state index in [1.807, 2.05) is 0 Å². The molecule has 6 atom stereocenters. The van der Waals surface area contributed by atoms with E-state index in [1.165, 1.54) is 89.9 Å². The number of hydrogen-bond donors (Lipinski definition) is 6. The number of allylic oxidation sites excluding steroid dienone is 12. The van der Waals surface area contributed by atoms with E-state index in [9.17, 15) is 39.8 Å². The summed E-state index contributed by atoms with van der Waals surface area (Å²) in [6.45, 7) is 4.13. The van der Waals surface area contributed by atoms with Crippen LogP contribution in [0.25, 0.3) is 0 Å². The second-order valence-corrected chi connectivity index (χ2v) is 20.1. The largest absolute Gasteiger partial charge is 0.472 e. The Morgan fingerprint density at radius 1 is 0.478 bits per heavy atom. The Labute approximate surface area is 419 Å². The lowest BCUT2D eigenvalue weighted by Gasteiger charge is -2.41. The molecule has 6 unspecified atom stereocenters. The number of esters is 1. The molecule has 0 aliphatic heterocycles. The number of phosphoric ester groups is 1. The van der Waals surface area contributed by atoms with E-state index in [-0.39, 0.29) is 13.0 Å². The molecule has 1 aliphatic rings. The molecule has 69 heavy (non-hydrogen) atoms. The minimum absolute atomic E-state index is 0.0914. The third kappa shape index (κ3) is 37.2. The zero-order valence-electron chi connectivity index (χ0n) is 43.1. The number of phosphoric acid groups is 1. The lowest BCUT2D eigenvalue weighted by Crippen LogP contribution is -2.64. The molecule has 1 rings (SSSR count). The molecule has 12 nitrogen and oxygen atoms in total. The molecule has 1 aliphatic carbocycles. The lowest BCUT2D eigenvalue weighted by molar-refractivity contribution is -0.220. The zero-order valence-corrected chi connectivity index (χ0v) is 44.0. The summed E-state index contributed by atoms with van der Waals surface area (Å²) in [7, 11) is -5.03. The third-order valence-corrected chi connectivity index (χ3v) is 13.3. The maximum atomic E-state index is 12.9. The van der Waals surface area contributed by atoms with Gasteiger partial charge in [0, 0.05) is 13.0 Å². The topological polar surface area (TPSA) is 192 Å². The first-order chi connectivity index (χ1) is 33.5. The van der Waals surface area contributed by atoms with Crippen LogP contribution in [-0.2, 0) is 27.9 Å². The van der Waals surface area contributed by atoms with Crippen molar-refractivity contribution in [1.29, 1.82) is 0 Å². The Balaban J connectivity index is 2.34. The highest BCUT2D eigenvalue weighted by Crippen LogP contribution is 2.47. The van der Waals surface area contributed by atoms with Gasteiger partial charge in [-0.05, 0) is 64.2 Å². The predicted octanol–water partition coefficient (Wildman–Crippen LogP) is 12.7. The Kier molecular flexibility index (Phi) is 42.8. The van der Waals surface area contributed by atoms with E-state index in [4.69, 9.17) is 18.5 Å². The number of carbonyl (C=O) groups excluding carboxylic acids is 1. The van der Waals surface area contributed by atoms with Gasteiger partial charge in [-0.25, -0.2) is 4.57 Å². The van der Waals surface area contributed by atoms with Gasteiger partial charge in [-0.3, -0.25) is 13.8 Å². The molecule has 1 fully saturated rings. The summed E-state index contributed by atoms with van der Waals surface area (Å²) in [5, 5.41) is 50.4. The molecule has 0 saturated heterocycles. The van der Waals surface area contributed by atoms with E-state index in [1.54, 1.807) is 0 Å². The minimum Gasteiger partial charge on any atom is -0.457 e. The first kappa shape index (κ1) is 64.8. The normalized spacial score (nSPS) is 21.6. The number of carbonyl (C=O) groups is 1. The van der Waals surface area contributed by atoms with Gasteiger partial charge >= 0.3 is 13.8 Å². The Hall–Kier alpha value is -2.22. The molecule has 6 N–H and O–H groups in total. The molecule has 13 heteroatoms. The Bertz CT molecular complexity index is 1410. The molecule has 0 aromatic rings. The van der Waals surface area contributed by atoms with Crippen LogP contribution in [0.3, 0.4) is 0 Å². The summed E-state index contributed by atoms with van der Waals surface area (Å²) in [4.78, 5) is 23.3. The van der Waals surface area contributed by atoms with E-state index in [0.29, 0.717) is 13.0 Å². The summed E-state index contributed by atoms with van der Waals surface area (Å²) in [5.41, 5.74) is 0. The minimum atomic E-state index is -5.03. The number of unbranched alkanes of at least 4 members (excludes halogenated alkanes) is 22. The number of aliphatic hydroxyl groups excluding tert-OH is 5. The van der Waals surface area contributed by atoms with Gasteiger partial charge in [0.25, 0.3) is 0 Å². The van der Waals surface area contributed by atoms with Crippen molar-refractivity contribution in [2.75, 3.05) is 19.8 Å². The molecule has 0 radical (unpaired) electrons. The molecule has 400 valence electrons. The average molecular weight is 995 g/mol. The van der Waals surface area contributed by atoms with E-state index >= 15 is 0 Å². The molecular formula is C56H99O12P. The van der Waals surface area contributed by atoms with Gasteiger partial charge in [0.2, 0.25) is 0 Å². The van der Waals surface area contributed by atoms with Crippen LogP contribution in [0, 0.1) is 0 Å². The molecule has 1 saturated carbocycles. The number of hydrogen-bond acceptors (Lipinski definition) is 11. The van der Waals surface area contributed by atoms with Gasteiger partial charge < -0.3 is 39.9 Å². The van der Waals surface area contributed by atoms with Crippen LogP contribution in [0.4, 0.5) is 0 Å². The highest BCUT2D eigenvalue weighted by atomic mass is 31.2. The van der Waals surface area contributed by atoms with Crippen LogP contribution in [0.2, 0.25) is 0 Å². The van der Waals surface area contributed by atoms with Crippen molar-refractivity contribution in [1.82, 2.24) is 0 Å². The summed E-state index contributed by atoms with van der Waals surface area (Å²) in [6.07, 6.45) is 48.2. The maximum absolute atomic E-state index is 12.9. The smallest absolute Gasteiger partial charge is 0.457 e. The van der Waals surface area contributed by atoms with E-state index in [0.717, 1.165) is 96.3 Å². The van der Waals surface area contributed by atoms with E-state index in [2.05, 4.69) is 86.8 Å². The van der Waals surface area contributed by atoms with E-state index < -0.39 is 63.1 Å². The van der Waals surface area contributed by atoms with Crippen LogP contribution in [0.1, 0.15) is 213 Å². The highest BCUT2D eigenvalue weighted by Gasteiger charge is 2.51. The van der Waals surface area contributed by atoms with Crippen LogP contribution in [-0.4, -0.2) is 98.9 Å². The number of aliphatic hydroxyl groups is 5.